The molecular weight excluding hydrogens is 711 g/mol. The van der Waals surface area contributed by atoms with E-state index in [1.165, 1.54) is 148 Å². The lowest BCUT2D eigenvalue weighted by Crippen LogP contribution is -2.29. The van der Waals surface area contributed by atoms with Crippen molar-refractivity contribution in [2.24, 2.45) is 0 Å². The fourth-order valence-corrected chi connectivity index (χ4v) is 12.1. The quantitative estimate of drug-likeness (QED) is 0.156. The van der Waals surface area contributed by atoms with Crippen molar-refractivity contribution >= 4 is 17.1 Å². The van der Waals surface area contributed by atoms with E-state index in [2.05, 4.69) is 183 Å². The lowest BCUT2D eigenvalue weighted by Gasteiger charge is -2.36. The van der Waals surface area contributed by atoms with Crippen LogP contribution in [0.25, 0.3) is 22.3 Å². The van der Waals surface area contributed by atoms with E-state index in [4.69, 9.17) is 0 Å². The summed E-state index contributed by atoms with van der Waals surface area (Å²) in [5.41, 5.74) is 19.9. The van der Waals surface area contributed by atoms with Crippen LogP contribution in [-0.2, 0) is 10.8 Å². The predicted molar refractivity (Wildman–Crippen MR) is 248 cm³/mol. The molecule has 59 heavy (non-hydrogen) atoms. The first-order valence-electron chi connectivity index (χ1n) is 22.6. The number of hydrogen-bond donors (Lipinski definition) is 0. The van der Waals surface area contributed by atoms with Crippen molar-refractivity contribution in [3.05, 3.63) is 208 Å². The van der Waals surface area contributed by atoms with Crippen LogP contribution in [0.2, 0.25) is 0 Å². The van der Waals surface area contributed by atoms with Crippen LogP contribution in [-0.4, -0.2) is 0 Å². The summed E-state index contributed by atoms with van der Waals surface area (Å²) in [7, 11) is 0. The van der Waals surface area contributed by atoms with E-state index in [1.54, 1.807) is 0 Å². The SMILES string of the molecule is CC1(C)c2ccccc2-c2ccc(N(c3ccc4c(c3)C(c3ccccc3)(c3cccc(C5CCCCC5)c3)c3ccccc3-4)c3ccccc3C3CCCCC3)cc21. The zero-order valence-electron chi connectivity index (χ0n) is 34.8. The van der Waals surface area contributed by atoms with Crippen LogP contribution in [0.15, 0.2) is 164 Å². The molecule has 292 valence electrons. The Bertz CT molecular complexity index is 2670. The van der Waals surface area contributed by atoms with Gasteiger partial charge in [-0.3, -0.25) is 0 Å². The molecule has 7 aromatic rings. The first-order valence-corrected chi connectivity index (χ1v) is 22.6. The van der Waals surface area contributed by atoms with E-state index < -0.39 is 5.41 Å². The molecule has 1 nitrogen and oxygen atoms in total. The number of fused-ring (bicyclic) bond motifs is 6. The van der Waals surface area contributed by atoms with Gasteiger partial charge in [-0.05, 0) is 135 Å². The maximum Gasteiger partial charge on any atom is 0.0714 e. The number of benzene rings is 7. The summed E-state index contributed by atoms with van der Waals surface area (Å²) in [6, 6.07) is 63.6. The fourth-order valence-electron chi connectivity index (χ4n) is 12.1. The second kappa shape index (κ2) is 14.6. The maximum atomic E-state index is 2.63. The van der Waals surface area contributed by atoms with E-state index in [-0.39, 0.29) is 5.41 Å². The molecule has 7 aromatic carbocycles. The molecule has 0 aromatic heterocycles. The number of rotatable bonds is 7. The standard InChI is InChI=1S/C58H55N/c1-57(2)52-30-15-12-28-48(52)50-35-33-45(38-54(50)57)59(56-32-17-14-27-47(56)41-21-8-4-9-22-41)46-34-36-51-49-29-13-16-31-53(49)58(55(51)39-46,43-24-10-5-11-25-43)44-26-18-23-42(37-44)40-19-6-3-7-20-40/h5,10-18,23-41H,3-4,6-9,19-22H2,1-2H3. The van der Waals surface area contributed by atoms with Crippen LogP contribution >= 0.6 is 0 Å². The summed E-state index contributed by atoms with van der Waals surface area (Å²) in [5, 5.41) is 0. The second-order valence-electron chi connectivity index (χ2n) is 18.5. The largest absolute Gasteiger partial charge is 0.310 e. The molecule has 4 aliphatic carbocycles. The third-order valence-electron chi connectivity index (χ3n) is 14.9. The minimum Gasteiger partial charge on any atom is -0.310 e. The Morgan fingerprint density at radius 1 is 0.407 bits per heavy atom. The zero-order chi connectivity index (χ0) is 39.6. The number of para-hydroxylation sites is 1. The molecule has 0 radical (unpaired) electrons. The summed E-state index contributed by atoms with van der Waals surface area (Å²) in [6.45, 7) is 4.81. The van der Waals surface area contributed by atoms with E-state index >= 15 is 0 Å². The molecule has 0 amide bonds. The van der Waals surface area contributed by atoms with Crippen molar-refractivity contribution in [2.75, 3.05) is 4.90 Å². The molecule has 2 fully saturated rings. The van der Waals surface area contributed by atoms with Gasteiger partial charge in [0, 0.05) is 22.5 Å². The third-order valence-corrected chi connectivity index (χ3v) is 14.9. The molecule has 2 saturated carbocycles. The normalized spacial score (nSPS) is 19.4. The minimum absolute atomic E-state index is 0.0954. The highest BCUT2D eigenvalue weighted by molar-refractivity contribution is 5.91. The molecule has 0 aliphatic heterocycles. The molecule has 0 spiro atoms. The van der Waals surface area contributed by atoms with Gasteiger partial charge in [0.1, 0.15) is 0 Å². The molecule has 1 unspecified atom stereocenters. The van der Waals surface area contributed by atoms with Crippen LogP contribution < -0.4 is 4.90 Å². The zero-order valence-corrected chi connectivity index (χ0v) is 34.8. The molecular formula is C58H55N. The van der Waals surface area contributed by atoms with Crippen molar-refractivity contribution in [1.29, 1.82) is 0 Å². The van der Waals surface area contributed by atoms with Crippen molar-refractivity contribution in [3.63, 3.8) is 0 Å². The van der Waals surface area contributed by atoms with E-state index in [0.29, 0.717) is 11.8 Å². The Labute approximate surface area is 351 Å². The minimum atomic E-state index is -0.468. The third kappa shape index (κ3) is 5.79. The number of anilines is 3. The van der Waals surface area contributed by atoms with Crippen LogP contribution in [0.5, 0.6) is 0 Å². The Hall–Kier alpha value is -5.66. The lowest BCUT2D eigenvalue weighted by molar-refractivity contribution is 0.443. The average molecular weight is 766 g/mol. The molecule has 0 saturated heterocycles. The lowest BCUT2D eigenvalue weighted by atomic mass is 9.67. The van der Waals surface area contributed by atoms with Gasteiger partial charge >= 0.3 is 0 Å². The van der Waals surface area contributed by atoms with Crippen molar-refractivity contribution in [3.8, 4) is 22.3 Å². The highest BCUT2D eigenvalue weighted by atomic mass is 15.1. The smallest absolute Gasteiger partial charge is 0.0714 e. The Morgan fingerprint density at radius 3 is 1.68 bits per heavy atom. The Kier molecular flexibility index (Phi) is 8.99. The topological polar surface area (TPSA) is 3.24 Å². The highest BCUT2D eigenvalue weighted by Gasteiger charge is 2.47. The Balaban J connectivity index is 1.16. The average Bonchev–Trinajstić information content (AvgIpc) is 3.73. The molecule has 0 bridgehead atoms. The van der Waals surface area contributed by atoms with Gasteiger partial charge < -0.3 is 4.90 Å². The van der Waals surface area contributed by atoms with Gasteiger partial charge in [-0.15, -0.1) is 0 Å². The summed E-state index contributed by atoms with van der Waals surface area (Å²) in [5.74, 6) is 1.18. The van der Waals surface area contributed by atoms with E-state index in [0.717, 1.165) is 0 Å². The van der Waals surface area contributed by atoms with Gasteiger partial charge in [0.05, 0.1) is 5.41 Å². The summed E-state index contributed by atoms with van der Waals surface area (Å²) < 4.78 is 0. The van der Waals surface area contributed by atoms with Gasteiger partial charge in [-0.1, -0.05) is 186 Å². The van der Waals surface area contributed by atoms with Crippen LogP contribution in [0.3, 0.4) is 0 Å². The molecule has 11 rings (SSSR count). The summed E-state index contributed by atoms with van der Waals surface area (Å²) in [6.07, 6.45) is 13.1. The fraction of sp³-hybridized carbons (Fsp3) is 0.276. The molecule has 1 heteroatoms. The molecule has 0 N–H and O–H groups in total. The second-order valence-corrected chi connectivity index (χ2v) is 18.5. The molecule has 4 aliphatic rings. The first-order chi connectivity index (χ1) is 29.0. The predicted octanol–water partition coefficient (Wildman–Crippen LogP) is 15.9. The number of hydrogen-bond acceptors (Lipinski definition) is 1. The van der Waals surface area contributed by atoms with Gasteiger partial charge in [-0.25, -0.2) is 0 Å². The highest BCUT2D eigenvalue weighted by Crippen LogP contribution is 2.58. The van der Waals surface area contributed by atoms with Crippen molar-refractivity contribution < 1.29 is 0 Å². The Morgan fingerprint density at radius 2 is 0.949 bits per heavy atom. The summed E-state index contributed by atoms with van der Waals surface area (Å²) >= 11 is 0. The number of nitrogens with zero attached hydrogens (tertiary/aromatic N) is 1. The van der Waals surface area contributed by atoms with Crippen LogP contribution in [0.4, 0.5) is 17.1 Å². The first kappa shape index (κ1) is 36.4. The van der Waals surface area contributed by atoms with Crippen LogP contribution in [0, 0.1) is 0 Å². The van der Waals surface area contributed by atoms with Crippen molar-refractivity contribution in [1.82, 2.24) is 0 Å². The van der Waals surface area contributed by atoms with E-state index in [1.807, 2.05) is 0 Å². The monoisotopic (exact) mass is 765 g/mol. The van der Waals surface area contributed by atoms with Crippen molar-refractivity contribution in [2.45, 2.75) is 101 Å². The van der Waals surface area contributed by atoms with Gasteiger partial charge in [0.2, 0.25) is 0 Å². The van der Waals surface area contributed by atoms with Gasteiger partial charge in [0.15, 0.2) is 0 Å². The maximum absolute atomic E-state index is 2.63. The van der Waals surface area contributed by atoms with E-state index in [9.17, 15) is 0 Å². The molecule has 0 heterocycles. The van der Waals surface area contributed by atoms with Crippen LogP contribution in [0.1, 0.15) is 134 Å². The summed E-state index contributed by atoms with van der Waals surface area (Å²) in [4.78, 5) is 2.63. The van der Waals surface area contributed by atoms with Gasteiger partial charge in [-0.2, -0.15) is 0 Å². The van der Waals surface area contributed by atoms with Gasteiger partial charge in [0.25, 0.3) is 0 Å². The molecule has 1 atom stereocenters.